The van der Waals surface area contributed by atoms with Crippen molar-refractivity contribution in [2.24, 2.45) is 0 Å². The van der Waals surface area contributed by atoms with Crippen molar-refractivity contribution in [2.45, 2.75) is 4.33 Å². The molecule has 0 aromatic heterocycles. The topological polar surface area (TPSA) is 34.1 Å². The SMILES string of the molecule is O=Cc1cccc(C(Cl)(Cl)c2cccc(C=O)c2)c1. The van der Waals surface area contributed by atoms with Gasteiger partial charge >= 0.3 is 0 Å². The fraction of sp³-hybridized carbons (Fsp3) is 0.0667. The van der Waals surface area contributed by atoms with E-state index < -0.39 is 4.33 Å². The smallest absolute Gasteiger partial charge is 0.168 e. The fourth-order valence-electron chi connectivity index (χ4n) is 1.78. The number of hydrogen-bond donors (Lipinski definition) is 0. The van der Waals surface area contributed by atoms with E-state index in [2.05, 4.69) is 0 Å². The van der Waals surface area contributed by atoms with Crippen LogP contribution in [0.2, 0.25) is 0 Å². The standard InChI is InChI=1S/C15H10Cl2O2/c16-15(17,13-5-1-3-11(7-13)9-18)14-6-2-4-12(8-14)10-19/h1-10H. The number of rotatable bonds is 4. The minimum absolute atomic E-state index is 0.495. The summed E-state index contributed by atoms with van der Waals surface area (Å²) in [7, 11) is 0. The molecule has 0 heterocycles. The van der Waals surface area contributed by atoms with Crippen LogP contribution in [0, 0.1) is 0 Å². The number of benzene rings is 2. The predicted molar refractivity (Wildman–Crippen MR) is 76.1 cm³/mol. The summed E-state index contributed by atoms with van der Waals surface area (Å²) >= 11 is 12.8. The lowest BCUT2D eigenvalue weighted by Crippen LogP contribution is -2.13. The number of halogens is 2. The highest BCUT2D eigenvalue weighted by atomic mass is 35.5. The van der Waals surface area contributed by atoms with Crippen molar-refractivity contribution in [3.8, 4) is 0 Å². The monoisotopic (exact) mass is 292 g/mol. The molecule has 96 valence electrons. The van der Waals surface area contributed by atoms with Gasteiger partial charge in [-0.25, -0.2) is 0 Å². The molecular weight excluding hydrogens is 283 g/mol. The van der Waals surface area contributed by atoms with E-state index in [4.69, 9.17) is 23.2 Å². The van der Waals surface area contributed by atoms with Gasteiger partial charge in [0.2, 0.25) is 0 Å². The largest absolute Gasteiger partial charge is 0.298 e. The Morgan fingerprint density at radius 2 is 1.21 bits per heavy atom. The van der Waals surface area contributed by atoms with E-state index in [0.717, 1.165) is 12.6 Å². The first kappa shape index (κ1) is 13.8. The summed E-state index contributed by atoms with van der Waals surface area (Å²) in [4.78, 5) is 21.6. The summed E-state index contributed by atoms with van der Waals surface area (Å²) in [5.74, 6) is 0. The quantitative estimate of drug-likeness (QED) is 0.631. The van der Waals surface area contributed by atoms with Gasteiger partial charge in [-0.1, -0.05) is 59.6 Å². The lowest BCUT2D eigenvalue weighted by atomic mass is 10.0. The second-order valence-electron chi connectivity index (χ2n) is 4.06. The Labute approximate surface area is 121 Å². The van der Waals surface area contributed by atoms with Gasteiger partial charge in [0.05, 0.1) is 0 Å². The van der Waals surface area contributed by atoms with Crippen molar-refractivity contribution in [1.29, 1.82) is 0 Å². The molecule has 0 amide bonds. The van der Waals surface area contributed by atoms with Crippen molar-refractivity contribution in [3.63, 3.8) is 0 Å². The molecule has 2 rings (SSSR count). The number of aldehydes is 2. The van der Waals surface area contributed by atoms with Gasteiger partial charge in [0, 0.05) is 11.1 Å². The Bertz CT molecular complexity index is 568. The number of carbonyl (C=O) groups excluding carboxylic acids is 2. The molecule has 0 aliphatic heterocycles. The van der Waals surface area contributed by atoms with Crippen LogP contribution >= 0.6 is 23.2 Å². The van der Waals surface area contributed by atoms with Crippen molar-refractivity contribution in [3.05, 3.63) is 70.8 Å². The van der Waals surface area contributed by atoms with Crippen LogP contribution in [0.3, 0.4) is 0 Å². The van der Waals surface area contributed by atoms with Crippen LogP contribution in [-0.2, 0) is 4.33 Å². The lowest BCUT2D eigenvalue weighted by molar-refractivity contribution is 0.111. The van der Waals surface area contributed by atoms with Gasteiger partial charge in [0.25, 0.3) is 0 Å². The summed E-state index contributed by atoms with van der Waals surface area (Å²) in [6, 6.07) is 13.5. The Morgan fingerprint density at radius 1 is 0.789 bits per heavy atom. The molecular formula is C15H10Cl2O2. The van der Waals surface area contributed by atoms with Gasteiger partial charge in [-0.05, 0) is 23.3 Å². The van der Waals surface area contributed by atoms with Gasteiger partial charge in [-0.15, -0.1) is 0 Å². The highest BCUT2D eigenvalue weighted by molar-refractivity contribution is 6.50. The molecule has 0 aliphatic carbocycles. The van der Waals surface area contributed by atoms with E-state index in [9.17, 15) is 9.59 Å². The van der Waals surface area contributed by atoms with Crippen molar-refractivity contribution < 1.29 is 9.59 Å². The van der Waals surface area contributed by atoms with E-state index in [1.54, 1.807) is 48.5 Å². The first-order chi connectivity index (χ1) is 9.07. The van der Waals surface area contributed by atoms with Crippen LogP contribution in [0.4, 0.5) is 0 Å². The average molecular weight is 293 g/mol. The van der Waals surface area contributed by atoms with Crippen LogP contribution in [0.5, 0.6) is 0 Å². The average Bonchev–Trinajstić information content (AvgIpc) is 2.47. The maximum Gasteiger partial charge on any atom is 0.168 e. The summed E-state index contributed by atoms with van der Waals surface area (Å²) in [6.07, 6.45) is 1.46. The van der Waals surface area contributed by atoms with Crippen molar-refractivity contribution in [1.82, 2.24) is 0 Å². The first-order valence-corrected chi connectivity index (χ1v) is 6.33. The van der Waals surface area contributed by atoms with Gasteiger partial charge < -0.3 is 0 Å². The molecule has 0 saturated carbocycles. The molecule has 0 radical (unpaired) electrons. The number of carbonyl (C=O) groups is 2. The molecule has 0 bridgehead atoms. The Hall–Kier alpha value is -1.64. The molecule has 0 fully saturated rings. The summed E-state index contributed by atoms with van der Waals surface area (Å²) in [5, 5.41) is 0. The van der Waals surface area contributed by atoms with Crippen molar-refractivity contribution in [2.75, 3.05) is 0 Å². The Balaban J connectivity index is 2.50. The van der Waals surface area contributed by atoms with Crippen LogP contribution in [0.1, 0.15) is 31.8 Å². The van der Waals surface area contributed by atoms with Crippen LogP contribution in [-0.4, -0.2) is 12.6 Å². The highest BCUT2D eigenvalue weighted by Gasteiger charge is 2.29. The molecule has 4 heteroatoms. The minimum atomic E-state index is -1.31. The number of alkyl halides is 2. The Kier molecular flexibility index (Phi) is 4.03. The maximum atomic E-state index is 10.8. The van der Waals surface area contributed by atoms with Gasteiger partial charge in [-0.3, -0.25) is 9.59 Å². The predicted octanol–water partition coefficient (Wildman–Crippen LogP) is 3.99. The van der Waals surface area contributed by atoms with E-state index in [0.29, 0.717) is 22.3 Å². The van der Waals surface area contributed by atoms with Gasteiger partial charge in [-0.2, -0.15) is 0 Å². The molecule has 2 aromatic carbocycles. The molecule has 2 nitrogen and oxygen atoms in total. The first-order valence-electron chi connectivity index (χ1n) is 5.57. The summed E-state index contributed by atoms with van der Waals surface area (Å²) < 4.78 is -1.31. The van der Waals surface area contributed by atoms with E-state index in [1.165, 1.54) is 0 Å². The maximum absolute atomic E-state index is 10.8. The molecule has 0 atom stereocenters. The van der Waals surface area contributed by atoms with Crippen LogP contribution in [0.15, 0.2) is 48.5 Å². The zero-order chi connectivity index (χ0) is 13.9. The van der Waals surface area contributed by atoms with Gasteiger partial charge in [0.1, 0.15) is 12.6 Å². The molecule has 0 aliphatic rings. The molecule has 0 spiro atoms. The van der Waals surface area contributed by atoms with E-state index in [-0.39, 0.29) is 0 Å². The number of hydrogen-bond acceptors (Lipinski definition) is 2. The minimum Gasteiger partial charge on any atom is -0.298 e. The van der Waals surface area contributed by atoms with Crippen molar-refractivity contribution >= 4 is 35.8 Å². The molecule has 19 heavy (non-hydrogen) atoms. The highest BCUT2D eigenvalue weighted by Crippen LogP contribution is 2.41. The third kappa shape index (κ3) is 2.86. The van der Waals surface area contributed by atoms with Gasteiger partial charge in [0.15, 0.2) is 4.33 Å². The molecule has 2 aromatic rings. The van der Waals surface area contributed by atoms with Crippen LogP contribution < -0.4 is 0 Å². The normalized spacial score (nSPS) is 11.1. The van der Waals surface area contributed by atoms with E-state index >= 15 is 0 Å². The summed E-state index contributed by atoms with van der Waals surface area (Å²) in [6.45, 7) is 0. The van der Waals surface area contributed by atoms with E-state index in [1.807, 2.05) is 0 Å². The van der Waals surface area contributed by atoms with Crippen LogP contribution in [0.25, 0.3) is 0 Å². The second-order valence-corrected chi connectivity index (χ2v) is 5.39. The zero-order valence-corrected chi connectivity index (χ0v) is 11.4. The molecule has 0 unspecified atom stereocenters. The summed E-state index contributed by atoms with van der Waals surface area (Å²) in [5.41, 5.74) is 2.16. The fourth-order valence-corrected chi connectivity index (χ4v) is 2.25. The Morgan fingerprint density at radius 3 is 1.58 bits per heavy atom. The molecule has 0 N–H and O–H groups in total. The molecule has 0 saturated heterocycles. The third-order valence-corrected chi connectivity index (χ3v) is 3.64. The third-order valence-electron chi connectivity index (χ3n) is 2.77. The lowest BCUT2D eigenvalue weighted by Gasteiger charge is -2.21. The second kappa shape index (κ2) is 5.55. The zero-order valence-electron chi connectivity index (χ0n) is 9.85.